The highest BCUT2D eigenvalue weighted by molar-refractivity contribution is 5.77. The van der Waals surface area contributed by atoms with Crippen LogP contribution in [-0.4, -0.2) is 36.8 Å². The number of aliphatic hydroxyl groups is 1. The van der Waals surface area contributed by atoms with Gasteiger partial charge in [0, 0.05) is 12.5 Å². The fraction of sp³-hybridized carbons (Fsp3) is 0.435. The molecule has 1 amide bonds. The number of nitrogens with one attached hydrogen (secondary N) is 2. The molecule has 0 aliphatic carbocycles. The molecule has 6 nitrogen and oxygen atoms in total. The SMILES string of the molecule is CCC(CC)C(=O)NOc1ccc(CCNCC(O)COc2ccccc2)cc1. The van der Waals surface area contributed by atoms with Crippen molar-refractivity contribution < 1.29 is 19.5 Å². The number of hydrogen-bond acceptors (Lipinski definition) is 5. The van der Waals surface area contributed by atoms with Crippen molar-refractivity contribution in [3.05, 3.63) is 60.2 Å². The molecule has 0 aliphatic rings. The molecule has 29 heavy (non-hydrogen) atoms. The maximum atomic E-state index is 11.9. The van der Waals surface area contributed by atoms with Crippen LogP contribution in [0.1, 0.15) is 32.3 Å². The van der Waals surface area contributed by atoms with E-state index in [1.807, 2.05) is 68.4 Å². The summed E-state index contributed by atoms with van der Waals surface area (Å²) in [5.41, 5.74) is 3.66. The number of hydrogen-bond donors (Lipinski definition) is 3. The maximum absolute atomic E-state index is 11.9. The van der Waals surface area contributed by atoms with Gasteiger partial charge in [-0.1, -0.05) is 44.2 Å². The molecule has 158 valence electrons. The van der Waals surface area contributed by atoms with Crippen molar-refractivity contribution in [1.82, 2.24) is 10.8 Å². The predicted molar refractivity (Wildman–Crippen MR) is 114 cm³/mol. The van der Waals surface area contributed by atoms with E-state index < -0.39 is 6.10 Å². The highest BCUT2D eigenvalue weighted by Gasteiger charge is 2.14. The van der Waals surface area contributed by atoms with Gasteiger partial charge < -0.3 is 20.0 Å². The quantitative estimate of drug-likeness (QED) is 0.356. The molecule has 0 bridgehead atoms. The third-order valence-corrected chi connectivity index (χ3v) is 4.71. The summed E-state index contributed by atoms with van der Waals surface area (Å²) in [6.07, 6.45) is 1.85. The van der Waals surface area contributed by atoms with Crippen molar-refractivity contribution in [2.45, 2.75) is 39.2 Å². The number of aliphatic hydroxyl groups excluding tert-OH is 1. The van der Waals surface area contributed by atoms with Gasteiger partial charge in [0.1, 0.15) is 18.5 Å². The molecule has 0 saturated heterocycles. The summed E-state index contributed by atoms with van der Waals surface area (Å²) in [6, 6.07) is 17.1. The first kappa shape index (κ1) is 22.7. The largest absolute Gasteiger partial charge is 0.491 e. The van der Waals surface area contributed by atoms with Gasteiger partial charge in [0.05, 0.1) is 0 Å². The van der Waals surface area contributed by atoms with Crippen molar-refractivity contribution in [2.24, 2.45) is 5.92 Å². The van der Waals surface area contributed by atoms with Gasteiger partial charge in [0.2, 0.25) is 0 Å². The molecule has 1 atom stereocenters. The third-order valence-electron chi connectivity index (χ3n) is 4.71. The molecule has 0 aliphatic heterocycles. The second-order valence-electron chi connectivity index (χ2n) is 6.96. The van der Waals surface area contributed by atoms with Gasteiger partial charge in [0.15, 0.2) is 5.75 Å². The molecule has 0 saturated carbocycles. The van der Waals surface area contributed by atoms with Crippen LogP contribution in [-0.2, 0) is 11.2 Å². The van der Waals surface area contributed by atoms with Gasteiger partial charge in [-0.2, -0.15) is 5.48 Å². The number of hydroxylamine groups is 1. The molecule has 3 N–H and O–H groups in total. The summed E-state index contributed by atoms with van der Waals surface area (Å²) >= 11 is 0. The van der Waals surface area contributed by atoms with Gasteiger partial charge >= 0.3 is 0 Å². The minimum atomic E-state index is -0.565. The average molecular weight is 401 g/mol. The normalized spacial score (nSPS) is 11.9. The van der Waals surface area contributed by atoms with Crippen LogP contribution in [0.4, 0.5) is 0 Å². The van der Waals surface area contributed by atoms with Crippen LogP contribution in [0, 0.1) is 5.92 Å². The molecule has 1 unspecified atom stereocenters. The fourth-order valence-corrected chi connectivity index (χ4v) is 2.85. The van der Waals surface area contributed by atoms with Gasteiger partial charge in [-0.3, -0.25) is 4.79 Å². The van der Waals surface area contributed by atoms with Crippen LogP contribution in [0.2, 0.25) is 0 Å². The monoisotopic (exact) mass is 400 g/mol. The minimum Gasteiger partial charge on any atom is -0.491 e. The number of carbonyl (C=O) groups is 1. The Kier molecular flexibility index (Phi) is 10.0. The molecular weight excluding hydrogens is 368 g/mol. The Balaban J connectivity index is 1.61. The van der Waals surface area contributed by atoms with Crippen LogP contribution >= 0.6 is 0 Å². The number of para-hydroxylation sites is 1. The third kappa shape index (κ3) is 8.54. The first-order valence-corrected chi connectivity index (χ1v) is 10.2. The predicted octanol–water partition coefficient (Wildman–Crippen LogP) is 3.10. The first-order valence-electron chi connectivity index (χ1n) is 10.2. The van der Waals surface area contributed by atoms with E-state index in [2.05, 4.69) is 10.8 Å². The number of benzene rings is 2. The Morgan fingerprint density at radius 3 is 2.34 bits per heavy atom. The zero-order chi connectivity index (χ0) is 20.9. The minimum absolute atomic E-state index is 0.0196. The van der Waals surface area contributed by atoms with Crippen molar-refractivity contribution in [3.63, 3.8) is 0 Å². The van der Waals surface area contributed by atoms with E-state index in [1.165, 1.54) is 0 Å². The second kappa shape index (κ2) is 12.8. The molecule has 0 radical (unpaired) electrons. The first-order chi connectivity index (χ1) is 14.1. The van der Waals surface area contributed by atoms with E-state index >= 15 is 0 Å². The molecule has 0 heterocycles. The lowest BCUT2D eigenvalue weighted by Crippen LogP contribution is -2.33. The molecule has 0 aromatic heterocycles. The number of ether oxygens (including phenoxy) is 1. The van der Waals surface area contributed by atoms with Crippen LogP contribution < -0.4 is 20.4 Å². The molecule has 0 fully saturated rings. The summed E-state index contributed by atoms with van der Waals surface area (Å²) < 4.78 is 5.53. The number of amides is 1. The Bertz CT molecular complexity index is 703. The molecular formula is C23H32N2O4. The molecule has 2 aromatic carbocycles. The standard InChI is InChI=1S/C23H32N2O4/c1-3-19(4-2)23(27)25-29-22-12-10-18(11-13-22)14-15-24-16-20(26)17-28-21-8-6-5-7-9-21/h5-13,19-20,24,26H,3-4,14-17H2,1-2H3,(H,25,27). The Morgan fingerprint density at radius 1 is 1.00 bits per heavy atom. The lowest BCUT2D eigenvalue weighted by molar-refractivity contribution is -0.132. The Morgan fingerprint density at radius 2 is 1.69 bits per heavy atom. The van der Waals surface area contributed by atoms with Gasteiger partial charge in [-0.15, -0.1) is 0 Å². The van der Waals surface area contributed by atoms with Gasteiger partial charge in [0.25, 0.3) is 5.91 Å². The topological polar surface area (TPSA) is 79.8 Å². The molecule has 0 spiro atoms. The van der Waals surface area contributed by atoms with Crippen LogP contribution in [0.3, 0.4) is 0 Å². The number of rotatable bonds is 13. The van der Waals surface area contributed by atoms with Crippen LogP contribution in [0.5, 0.6) is 11.5 Å². The zero-order valence-electron chi connectivity index (χ0n) is 17.3. The summed E-state index contributed by atoms with van der Waals surface area (Å²) in [6.45, 7) is 5.45. The lowest BCUT2D eigenvalue weighted by atomic mass is 10.0. The molecule has 6 heteroatoms. The van der Waals surface area contributed by atoms with Crippen LogP contribution in [0.15, 0.2) is 54.6 Å². The highest BCUT2D eigenvalue weighted by Crippen LogP contribution is 2.13. The lowest BCUT2D eigenvalue weighted by Gasteiger charge is -2.14. The van der Waals surface area contributed by atoms with E-state index in [9.17, 15) is 9.90 Å². The van der Waals surface area contributed by atoms with Gasteiger partial charge in [-0.05, 0) is 55.6 Å². The van der Waals surface area contributed by atoms with E-state index in [1.54, 1.807) is 0 Å². The zero-order valence-corrected chi connectivity index (χ0v) is 17.3. The summed E-state index contributed by atoms with van der Waals surface area (Å²) in [7, 11) is 0. The molecule has 2 rings (SSSR count). The van der Waals surface area contributed by atoms with E-state index in [4.69, 9.17) is 9.57 Å². The maximum Gasteiger partial charge on any atom is 0.255 e. The van der Waals surface area contributed by atoms with Crippen molar-refractivity contribution >= 4 is 5.91 Å². The summed E-state index contributed by atoms with van der Waals surface area (Å²) in [5.74, 6) is 1.26. The van der Waals surface area contributed by atoms with Crippen molar-refractivity contribution in [2.75, 3.05) is 19.7 Å². The fourth-order valence-electron chi connectivity index (χ4n) is 2.85. The average Bonchev–Trinajstić information content (AvgIpc) is 2.76. The second-order valence-corrected chi connectivity index (χ2v) is 6.96. The van der Waals surface area contributed by atoms with E-state index in [0.29, 0.717) is 12.3 Å². The van der Waals surface area contributed by atoms with Crippen molar-refractivity contribution in [1.29, 1.82) is 0 Å². The Labute approximate surface area is 173 Å². The number of carbonyl (C=O) groups excluding carboxylic acids is 1. The Hall–Kier alpha value is -2.57. The summed E-state index contributed by atoms with van der Waals surface area (Å²) in [5, 5.41) is 13.2. The smallest absolute Gasteiger partial charge is 0.255 e. The van der Waals surface area contributed by atoms with Crippen LogP contribution in [0.25, 0.3) is 0 Å². The van der Waals surface area contributed by atoms with Gasteiger partial charge in [-0.25, -0.2) is 0 Å². The van der Waals surface area contributed by atoms with E-state index in [-0.39, 0.29) is 18.4 Å². The summed E-state index contributed by atoms with van der Waals surface area (Å²) in [4.78, 5) is 17.3. The van der Waals surface area contributed by atoms with Crippen molar-refractivity contribution in [3.8, 4) is 11.5 Å². The molecule has 2 aromatic rings. The highest BCUT2D eigenvalue weighted by atomic mass is 16.7. The van der Waals surface area contributed by atoms with E-state index in [0.717, 1.165) is 37.1 Å².